The van der Waals surface area contributed by atoms with Crippen molar-refractivity contribution in [2.75, 3.05) is 19.8 Å². The molecule has 0 N–H and O–H groups in total. The average molecular weight is 390 g/mol. The first kappa shape index (κ1) is 21.0. The van der Waals surface area contributed by atoms with Crippen LogP contribution in [0, 0.1) is 0 Å². The largest absolute Gasteiger partial charge is 0.466 e. The fourth-order valence-corrected chi connectivity index (χ4v) is 2.51. The zero-order chi connectivity index (χ0) is 20.5. The van der Waals surface area contributed by atoms with Crippen LogP contribution in [0.5, 0.6) is 5.75 Å². The first-order chi connectivity index (χ1) is 13.5. The molecule has 150 valence electrons. The Balaban J connectivity index is 2.48. The molecule has 0 saturated heterocycles. The lowest BCUT2D eigenvalue weighted by atomic mass is 10.0. The normalized spacial score (nSPS) is 10.8. The summed E-state index contributed by atoms with van der Waals surface area (Å²) in [5.74, 6) is -1.43. The third-order valence-corrected chi connectivity index (χ3v) is 3.58. The first-order valence-corrected chi connectivity index (χ1v) is 8.87. The number of carbonyl (C=O) groups excluding carboxylic acids is 3. The molecule has 8 nitrogen and oxygen atoms in total. The van der Waals surface area contributed by atoms with Gasteiger partial charge in [0.25, 0.3) is 0 Å². The molecule has 8 heteroatoms. The molecule has 0 atom stereocenters. The average Bonchev–Trinajstić information content (AvgIpc) is 3.13. The molecular formula is C20H22O8. The van der Waals surface area contributed by atoms with Crippen molar-refractivity contribution >= 4 is 28.9 Å². The maximum Gasteiger partial charge on any atom is 0.338 e. The van der Waals surface area contributed by atoms with Gasteiger partial charge in [0, 0.05) is 10.9 Å². The second kappa shape index (κ2) is 10.1. The SMILES string of the molecule is CCOC(=O)/C=C/Oc1c(CC(=O)OCC)cc(C(=O)OCC)c2ccoc12. The number of hydrogen-bond donors (Lipinski definition) is 0. The Labute approximate surface area is 162 Å². The van der Waals surface area contributed by atoms with Gasteiger partial charge in [0.1, 0.15) is 0 Å². The Kier molecular flexibility index (Phi) is 7.62. The van der Waals surface area contributed by atoms with E-state index >= 15 is 0 Å². The van der Waals surface area contributed by atoms with E-state index in [-0.39, 0.29) is 43.1 Å². The summed E-state index contributed by atoms with van der Waals surface area (Å²) in [6.07, 6.45) is 3.47. The zero-order valence-electron chi connectivity index (χ0n) is 16.0. The van der Waals surface area contributed by atoms with E-state index in [1.165, 1.54) is 12.3 Å². The summed E-state index contributed by atoms with van der Waals surface area (Å²) >= 11 is 0. The number of esters is 3. The molecule has 28 heavy (non-hydrogen) atoms. The molecule has 0 spiro atoms. The smallest absolute Gasteiger partial charge is 0.338 e. The number of carbonyl (C=O) groups is 3. The highest BCUT2D eigenvalue weighted by Crippen LogP contribution is 2.35. The lowest BCUT2D eigenvalue weighted by Crippen LogP contribution is -2.11. The lowest BCUT2D eigenvalue weighted by Gasteiger charge is -2.12. The fraction of sp³-hybridized carbons (Fsp3) is 0.350. The molecular weight excluding hydrogens is 368 g/mol. The number of benzene rings is 1. The molecule has 0 amide bonds. The van der Waals surface area contributed by atoms with Crippen molar-refractivity contribution in [3.05, 3.63) is 41.9 Å². The van der Waals surface area contributed by atoms with Gasteiger partial charge in [-0.25, -0.2) is 9.59 Å². The van der Waals surface area contributed by atoms with Gasteiger partial charge < -0.3 is 23.4 Å². The van der Waals surface area contributed by atoms with E-state index in [0.717, 1.165) is 12.3 Å². The van der Waals surface area contributed by atoms with Gasteiger partial charge in [-0.05, 0) is 32.9 Å². The third kappa shape index (κ3) is 5.12. The molecule has 0 aliphatic heterocycles. The van der Waals surface area contributed by atoms with Crippen molar-refractivity contribution in [3.63, 3.8) is 0 Å². The molecule has 0 saturated carbocycles. The standard InChI is InChI=1S/C20H22O8/c1-4-24-16(21)8-10-27-18-13(12-17(22)25-5-2)11-15(20(23)26-6-3)14-7-9-28-19(14)18/h7-11H,4-6,12H2,1-3H3/b10-8+. The summed E-state index contributed by atoms with van der Waals surface area (Å²) < 4.78 is 25.9. The summed E-state index contributed by atoms with van der Waals surface area (Å²) in [6.45, 7) is 5.72. The number of fused-ring (bicyclic) bond motifs is 1. The van der Waals surface area contributed by atoms with Crippen molar-refractivity contribution in [2.45, 2.75) is 27.2 Å². The van der Waals surface area contributed by atoms with Crippen LogP contribution in [-0.2, 0) is 30.2 Å². The summed E-state index contributed by atoms with van der Waals surface area (Å²) in [5.41, 5.74) is 0.849. The van der Waals surface area contributed by atoms with Crippen LogP contribution in [0.3, 0.4) is 0 Å². The Morgan fingerprint density at radius 3 is 2.43 bits per heavy atom. The quantitative estimate of drug-likeness (QED) is 0.278. The van der Waals surface area contributed by atoms with Crippen LogP contribution in [0.2, 0.25) is 0 Å². The Morgan fingerprint density at radius 1 is 1.04 bits per heavy atom. The van der Waals surface area contributed by atoms with E-state index in [1.54, 1.807) is 26.8 Å². The van der Waals surface area contributed by atoms with Crippen LogP contribution in [-0.4, -0.2) is 37.7 Å². The summed E-state index contributed by atoms with van der Waals surface area (Å²) in [5, 5.41) is 0.464. The summed E-state index contributed by atoms with van der Waals surface area (Å²) in [6, 6.07) is 3.10. The summed E-state index contributed by atoms with van der Waals surface area (Å²) in [4.78, 5) is 35.8. The summed E-state index contributed by atoms with van der Waals surface area (Å²) in [7, 11) is 0. The molecule has 0 radical (unpaired) electrons. The molecule has 2 aromatic rings. The molecule has 2 rings (SSSR count). The predicted molar refractivity (Wildman–Crippen MR) is 98.9 cm³/mol. The minimum Gasteiger partial charge on any atom is -0.466 e. The molecule has 0 fully saturated rings. The third-order valence-electron chi connectivity index (χ3n) is 3.58. The number of rotatable bonds is 9. The predicted octanol–water partition coefficient (Wildman–Crippen LogP) is 3.17. The number of ether oxygens (including phenoxy) is 4. The molecule has 0 unspecified atom stereocenters. The maximum atomic E-state index is 12.3. The topological polar surface area (TPSA) is 101 Å². The molecule has 1 heterocycles. The van der Waals surface area contributed by atoms with Crippen molar-refractivity contribution in [3.8, 4) is 5.75 Å². The maximum absolute atomic E-state index is 12.3. The van der Waals surface area contributed by atoms with Crippen LogP contribution in [0.25, 0.3) is 11.0 Å². The van der Waals surface area contributed by atoms with Gasteiger partial charge in [0.2, 0.25) is 0 Å². The van der Waals surface area contributed by atoms with Crippen molar-refractivity contribution in [2.24, 2.45) is 0 Å². The van der Waals surface area contributed by atoms with E-state index in [4.69, 9.17) is 23.4 Å². The van der Waals surface area contributed by atoms with Crippen molar-refractivity contribution in [1.29, 1.82) is 0 Å². The molecule has 0 bridgehead atoms. The minimum absolute atomic E-state index is 0.153. The highest BCUT2D eigenvalue weighted by atomic mass is 16.5. The highest BCUT2D eigenvalue weighted by Gasteiger charge is 2.22. The van der Waals surface area contributed by atoms with Crippen molar-refractivity contribution < 1.29 is 37.7 Å². The molecule has 1 aromatic carbocycles. The number of furan rings is 1. The van der Waals surface area contributed by atoms with E-state index in [0.29, 0.717) is 10.9 Å². The zero-order valence-corrected chi connectivity index (χ0v) is 16.0. The monoisotopic (exact) mass is 390 g/mol. The van der Waals surface area contributed by atoms with Gasteiger partial charge in [-0.1, -0.05) is 0 Å². The minimum atomic E-state index is -0.576. The van der Waals surface area contributed by atoms with Crippen LogP contribution in [0.1, 0.15) is 36.7 Å². The Hall–Kier alpha value is -3.29. The fourth-order valence-electron chi connectivity index (χ4n) is 2.51. The Morgan fingerprint density at radius 2 is 1.75 bits per heavy atom. The van der Waals surface area contributed by atoms with Gasteiger partial charge in [0.15, 0.2) is 11.3 Å². The second-order valence-corrected chi connectivity index (χ2v) is 5.45. The highest BCUT2D eigenvalue weighted by molar-refractivity contribution is 6.05. The van der Waals surface area contributed by atoms with Gasteiger partial charge in [-0.2, -0.15) is 0 Å². The van der Waals surface area contributed by atoms with Gasteiger partial charge in [-0.15, -0.1) is 0 Å². The van der Waals surface area contributed by atoms with Crippen LogP contribution in [0.15, 0.2) is 35.2 Å². The van der Waals surface area contributed by atoms with Crippen LogP contribution in [0.4, 0.5) is 0 Å². The molecule has 0 aliphatic carbocycles. The van der Waals surface area contributed by atoms with E-state index in [9.17, 15) is 14.4 Å². The van der Waals surface area contributed by atoms with Crippen LogP contribution >= 0.6 is 0 Å². The van der Waals surface area contributed by atoms with Crippen LogP contribution < -0.4 is 4.74 Å². The second-order valence-electron chi connectivity index (χ2n) is 5.45. The Bertz CT molecular complexity index is 878. The van der Waals surface area contributed by atoms with Gasteiger partial charge in [0.05, 0.1) is 50.4 Å². The van der Waals surface area contributed by atoms with E-state index < -0.39 is 17.9 Å². The van der Waals surface area contributed by atoms with E-state index in [1.807, 2.05) is 0 Å². The number of hydrogen-bond acceptors (Lipinski definition) is 8. The first-order valence-electron chi connectivity index (χ1n) is 8.87. The molecule has 1 aromatic heterocycles. The molecule has 0 aliphatic rings. The lowest BCUT2D eigenvalue weighted by molar-refractivity contribution is -0.142. The van der Waals surface area contributed by atoms with Gasteiger partial charge in [-0.3, -0.25) is 4.79 Å². The van der Waals surface area contributed by atoms with Crippen molar-refractivity contribution in [1.82, 2.24) is 0 Å². The van der Waals surface area contributed by atoms with E-state index in [2.05, 4.69) is 0 Å². The van der Waals surface area contributed by atoms with Gasteiger partial charge >= 0.3 is 17.9 Å².